The Kier molecular flexibility index (Phi) is 4.72. The molecule has 0 radical (unpaired) electrons. The van der Waals surface area contributed by atoms with E-state index in [2.05, 4.69) is 21.2 Å². The molecule has 0 saturated carbocycles. The maximum atomic E-state index is 12.7. The highest BCUT2D eigenvalue weighted by atomic mass is 79.9. The number of piperazine rings is 1. The molecule has 0 bridgehead atoms. The Morgan fingerprint density at radius 1 is 1.48 bits per heavy atom. The van der Waals surface area contributed by atoms with Gasteiger partial charge in [-0.15, -0.1) is 0 Å². The maximum Gasteiger partial charge on any atom is 0.254 e. The highest BCUT2D eigenvalue weighted by Crippen LogP contribution is 2.25. The lowest BCUT2D eigenvalue weighted by Gasteiger charge is -2.34. The van der Waals surface area contributed by atoms with E-state index in [9.17, 15) is 13.2 Å². The third-order valence-corrected chi connectivity index (χ3v) is 5.12. The number of amides is 1. The molecule has 1 aromatic rings. The minimum Gasteiger partial charge on any atom is -0.333 e. The molecule has 1 aliphatic heterocycles. The van der Waals surface area contributed by atoms with Gasteiger partial charge in [-0.1, -0.05) is 15.9 Å². The van der Waals surface area contributed by atoms with E-state index in [1.54, 1.807) is 17.9 Å². The van der Waals surface area contributed by atoms with Gasteiger partial charge in [0.05, 0.1) is 4.90 Å². The summed E-state index contributed by atoms with van der Waals surface area (Å²) in [5.41, 5.74) is 0.749. The number of hydrogen-bond acceptors (Lipinski definition) is 4. The molecule has 1 saturated heterocycles. The highest BCUT2D eigenvalue weighted by Gasteiger charge is 2.27. The normalized spacial score (nSPS) is 19.6. The van der Waals surface area contributed by atoms with E-state index >= 15 is 0 Å². The number of halogens is 1. The van der Waals surface area contributed by atoms with Crippen LogP contribution in [0.3, 0.4) is 0 Å². The highest BCUT2D eigenvalue weighted by molar-refractivity contribution is 9.10. The van der Waals surface area contributed by atoms with Crippen molar-refractivity contribution in [2.45, 2.75) is 24.8 Å². The molecule has 0 aromatic heterocycles. The summed E-state index contributed by atoms with van der Waals surface area (Å²) in [4.78, 5) is 14.4. The van der Waals surface area contributed by atoms with Gasteiger partial charge >= 0.3 is 0 Å². The van der Waals surface area contributed by atoms with Crippen LogP contribution in [0.4, 0.5) is 0 Å². The van der Waals surface area contributed by atoms with Crippen molar-refractivity contribution in [2.24, 2.45) is 5.14 Å². The minimum absolute atomic E-state index is 0.0250. The van der Waals surface area contributed by atoms with Crippen LogP contribution >= 0.6 is 15.9 Å². The SMILES string of the molecule is Cc1c(C(=O)N2CCNC[C@@H]2C)cc(Br)cc1S(N)(=O)=O. The van der Waals surface area contributed by atoms with Gasteiger partial charge < -0.3 is 10.2 Å². The minimum atomic E-state index is -3.87. The summed E-state index contributed by atoms with van der Waals surface area (Å²) in [6.45, 7) is 5.60. The average molecular weight is 376 g/mol. The van der Waals surface area contributed by atoms with Crippen LogP contribution < -0.4 is 10.5 Å². The number of hydrogen-bond donors (Lipinski definition) is 2. The van der Waals surface area contributed by atoms with E-state index in [1.807, 2.05) is 6.92 Å². The molecule has 2 rings (SSSR count). The van der Waals surface area contributed by atoms with Gasteiger partial charge in [0.25, 0.3) is 5.91 Å². The molecular formula is C13H18BrN3O3S. The van der Waals surface area contributed by atoms with Crippen LogP contribution in [-0.4, -0.2) is 44.9 Å². The van der Waals surface area contributed by atoms with Gasteiger partial charge in [-0.05, 0) is 31.5 Å². The summed E-state index contributed by atoms with van der Waals surface area (Å²) >= 11 is 3.24. The zero-order chi connectivity index (χ0) is 15.8. The van der Waals surface area contributed by atoms with Crippen molar-refractivity contribution in [3.8, 4) is 0 Å². The first-order valence-electron chi connectivity index (χ1n) is 6.56. The second-order valence-electron chi connectivity index (χ2n) is 5.17. The summed E-state index contributed by atoms with van der Waals surface area (Å²) in [6.07, 6.45) is 0. The van der Waals surface area contributed by atoms with Crippen LogP contribution in [0.1, 0.15) is 22.8 Å². The number of carbonyl (C=O) groups excluding carboxylic acids is 1. The van der Waals surface area contributed by atoms with Crippen molar-refractivity contribution in [2.75, 3.05) is 19.6 Å². The summed E-state index contributed by atoms with van der Waals surface area (Å²) in [6, 6.07) is 3.12. The first-order chi connectivity index (χ1) is 9.71. The number of nitrogens with one attached hydrogen (secondary N) is 1. The van der Waals surface area contributed by atoms with E-state index in [0.29, 0.717) is 22.1 Å². The number of benzene rings is 1. The zero-order valence-electron chi connectivity index (χ0n) is 11.9. The van der Waals surface area contributed by atoms with Crippen LogP contribution in [0.25, 0.3) is 0 Å². The lowest BCUT2D eigenvalue weighted by atomic mass is 10.1. The Labute approximate surface area is 132 Å². The molecule has 116 valence electrons. The molecule has 1 fully saturated rings. The molecule has 1 heterocycles. The van der Waals surface area contributed by atoms with E-state index in [1.165, 1.54) is 6.07 Å². The van der Waals surface area contributed by atoms with Crippen LogP contribution in [-0.2, 0) is 10.0 Å². The largest absolute Gasteiger partial charge is 0.333 e. The molecule has 6 nitrogen and oxygen atoms in total. The second-order valence-corrected chi connectivity index (χ2v) is 7.62. The van der Waals surface area contributed by atoms with Crippen LogP contribution in [0, 0.1) is 6.92 Å². The predicted molar refractivity (Wildman–Crippen MR) is 83.6 cm³/mol. The number of carbonyl (C=O) groups is 1. The summed E-state index contributed by atoms with van der Waals surface area (Å²) in [7, 11) is -3.87. The van der Waals surface area contributed by atoms with Crippen LogP contribution in [0.5, 0.6) is 0 Å². The summed E-state index contributed by atoms with van der Waals surface area (Å²) in [5.74, 6) is -0.173. The molecule has 1 atom stereocenters. The number of nitrogens with two attached hydrogens (primary N) is 1. The predicted octanol–water partition coefficient (Wildman–Crippen LogP) is 0.839. The fourth-order valence-corrected chi connectivity index (χ4v) is 3.91. The van der Waals surface area contributed by atoms with E-state index < -0.39 is 10.0 Å². The fraction of sp³-hybridized carbons (Fsp3) is 0.462. The Hall–Kier alpha value is -0.960. The third-order valence-electron chi connectivity index (χ3n) is 3.62. The van der Waals surface area contributed by atoms with Crippen molar-refractivity contribution in [3.05, 3.63) is 27.7 Å². The van der Waals surface area contributed by atoms with E-state index in [4.69, 9.17) is 5.14 Å². The molecule has 1 aromatic carbocycles. The first kappa shape index (κ1) is 16.4. The summed E-state index contributed by atoms with van der Waals surface area (Å²) in [5, 5.41) is 8.43. The van der Waals surface area contributed by atoms with Gasteiger partial charge in [-0.3, -0.25) is 4.79 Å². The molecule has 1 amide bonds. The number of rotatable bonds is 2. The van der Waals surface area contributed by atoms with Crippen molar-refractivity contribution >= 4 is 31.9 Å². The van der Waals surface area contributed by atoms with Gasteiger partial charge in [0.2, 0.25) is 10.0 Å². The molecule has 0 spiro atoms. The van der Waals surface area contributed by atoms with Gasteiger partial charge in [0.15, 0.2) is 0 Å². The molecule has 21 heavy (non-hydrogen) atoms. The topological polar surface area (TPSA) is 92.5 Å². The first-order valence-corrected chi connectivity index (χ1v) is 8.90. The number of primary sulfonamides is 1. The van der Waals surface area contributed by atoms with Gasteiger partial charge in [-0.25, -0.2) is 13.6 Å². The molecule has 3 N–H and O–H groups in total. The van der Waals surface area contributed by atoms with Crippen LogP contribution in [0.15, 0.2) is 21.5 Å². The lowest BCUT2D eigenvalue weighted by Crippen LogP contribution is -2.52. The van der Waals surface area contributed by atoms with Gasteiger partial charge in [-0.2, -0.15) is 0 Å². The standard InChI is InChI=1S/C13H18BrN3O3S/c1-8-7-16-3-4-17(8)13(18)11-5-10(14)6-12(9(11)2)21(15,19)20/h5-6,8,16H,3-4,7H2,1-2H3,(H2,15,19,20)/t8-/m0/s1. The van der Waals surface area contributed by atoms with Crippen molar-refractivity contribution < 1.29 is 13.2 Å². The van der Waals surface area contributed by atoms with Crippen LogP contribution in [0.2, 0.25) is 0 Å². The molecule has 8 heteroatoms. The number of nitrogens with zero attached hydrogens (tertiary/aromatic N) is 1. The average Bonchev–Trinajstić information content (AvgIpc) is 2.39. The molecular weight excluding hydrogens is 358 g/mol. The quantitative estimate of drug-likeness (QED) is 0.800. The van der Waals surface area contributed by atoms with Gasteiger partial charge in [0, 0.05) is 35.7 Å². The zero-order valence-corrected chi connectivity index (χ0v) is 14.3. The Morgan fingerprint density at radius 3 is 2.71 bits per heavy atom. The summed E-state index contributed by atoms with van der Waals surface area (Å²) < 4.78 is 23.8. The smallest absolute Gasteiger partial charge is 0.254 e. The molecule has 1 aliphatic rings. The maximum absolute atomic E-state index is 12.7. The molecule has 0 aliphatic carbocycles. The monoisotopic (exact) mass is 375 g/mol. The third kappa shape index (κ3) is 3.45. The van der Waals surface area contributed by atoms with Crippen molar-refractivity contribution in [3.63, 3.8) is 0 Å². The van der Waals surface area contributed by atoms with Crippen molar-refractivity contribution in [1.29, 1.82) is 0 Å². The Balaban J connectivity index is 2.49. The van der Waals surface area contributed by atoms with E-state index in [-0.39, 0.29) is 16.8 Å². The fourth-order valence-electron chi connectivity index (χ4n) is 2.47. The van der Waals surface area contributed by atoms with E-state index in [0.717, 1.165) is 13.1 Å². The Morgan fingerprint density at radius 2 is 2.14 bits per heavy atom. The molecule has 0 unspecified atom stereocenters. The van der Waals surface area contributed by atoms with Gasteiger partial charge in [0.1, 0.15) is 0 Å². The lowest BCUT2D eigenvalue weighted by molar-refractivity contribution is 0.0654. The second kappa shape index (κ2) is 6.04. The number of sulfonamides is 1. The van der Waals surface area contributed by atoms with Crippen molar-refractivity contribution in [1.82, 2.24) is 10.2 Å². The Bertz CT molecular complexity index is 675.